The van der Waals surface area contributed by atoms with E-state index in [2.05, 4.69) is 4.98 Å². The van der Waals surface area contributed by atoms with Gasteiger partial charge < -0.3 is 13.9 Å². The quantitative estimate of drug-likeness (QED) is 0.769. The number of furan rings is 1. The van der Waals surface area contributed by atoms with Gasteiger partial charge in [-0.15, -0.1) is 0 Å². The first-order valence-electron chi connectivity index (χ1n) is 6.58. The molecule has 0 fully saturated rings. The highest BCUT2D eigenvalue weighted by Crippen LogP contribution is 2.34. The molecule has 1 N–H and O–H groups in total. The molecular formula is C16H12ClNO4. The van der Waals surface area contributed by atoms with Crippen LogP contribution >= 0.6 is 11.6 Å². The molecule has 0 aliphatic carbocycles. The van der Waals surface area contributed by atoms with Gasteiger partial charge >= 0.3 is 5.97 Å². The maximum absolute atomic E-state index is 11.3. The third-order valence-corrected chi connectivity index (χ3v) is 3.56. The molecular weight excluding hydrogens is 306 g/mol. The van der Waals surface area contributed by atoms with Crippen molar-refractivity contribution in [3.05, 3.63) is 53.6 Å². The van der Waals surface area contributed by atoms with Crippen LogP contribution in [0.3, 0.4) is 0 Å². The van der Waals surface area contributed by atoms with Crippen LogP contribution in [0.25, 0.3) is 22.8 Å². The van der Waals surface area contributed by atoms with E-state index in [9.17, 15) is 9.90 Å². The van der Waals surface area contributed by atoms with E-state index in [1.807, 2.05) is 0 Å². The first-order chi connectivity index (χ1) is 10.6. The number of carboxylic acids is 1. The number of benzene rings is 1. The van der Waals surface area contributed by atoms with Gasteiger partial charge in [-0.2, -0.15) is 0 Å². The maximum Gasteiger partial charge on any atom is 0.312 e. The third-order valence-electron chi connectivity index (χ3n) is 3.31. The monoisotopic (exact) mass is 317 g/mol. The van der Waals surface area contributed by atoms with Crippen molar-refractivity contribution in [2.24, 2.45) is 0 Å². The standard InChI is InChI=1S/C16H12ClNO4/c1-9(16(19)20)13-14(11-6-7-21-8-11)22-15(18-13)10-2-4-12(17)5-3-10/h2-9H,1H3,(H,19,20). The summed E-state index contributed by atoms with van der Waals surface area (Å²) in [4.78, 5) is 15.6. The smallest absolute Gasteiger partial charge is 0.312 e. The predicted molar refractivity (Wildman–Crippen MR) is 80.7 cm³/mol. The van der Waals surface area contributed by atoms with E-state index in [-0.39, 0.29) is 0 Å². The molecule has 0 saturated carbocycles. The minimum atomic E-state index is -0.972. The Morgan fingerprint density at radius 2 is 1.95 bits per heavy atom. The topological polar surface area (TPSA) is 76.5 Å². The zero-order valence-electron chi connectivity index (χ0n) is 11.6. The Bertz CT molecular complexity index is 790. The second-order valence-corrected chi connectivity index (χ2v) is 5.25. The number of hydrogen-bond acceptors (Lipinski definition) is 4. The number of carbonyl (C=O) groups is 1. The molecule has 2 heterocycles. The lowest BCUT2D eigenvalue weighted by Crippen LogP contribution is -2.08. The molecule has 3 rings (SSSR count). The van der Waals surface area contributed by atoms with Crippen molar-refractivity contribution in [1.29, 1.82) is 0 Å². The van der Waals surface area contributed by atoms with Crippen LogP contribution in [0.1, 0.15) is 18.5 Å². The number of oxazole rings is 1. The van der Waals surface area contributed by atoms with Crippen molar-refractivity contribution in [3.63, 3.8) is 0 Å². The van der Waals surface area contributed by atoms with Crippen LogP contribution in [-0.4, -0.2) is 16.1 Å². The molecule has 22 heavy (non-hydrogen) atoms. The van der Waals surface area contributed by atoms with E-state index < -0.39 is 11.9 Å². The van der Waals surface area contributed by atoms with E-state index in [1.165, 1.54) is 12.5 Å². The molecule has 1 unspecified atom stereocenters. The van der Waals surface area contributed by atoms with Crippen molar-refractivity contribution >= 4 is 17.6 Å². The SMILES string of the molecule is CC(C(=O)O)c1nc(-c2ccc(Cl)cc2)oc1-c1ccoc1. The normalized spacial score (nSPS) is 12.3. The Morgan fingerprint density at radius 3 is 2.55 bits per heavy atom. The number of halogens is 1. The van der Waals surface area contributed by atoms with Crippen LogP contribution in [0.15, 0.2) is 51.7 Å². The first kappa shape index (κ1) is 14.4. The van der Waals surface area contributed by atoms with Gasteiger partial charge in [0.2, 0.25) is 5.89 Å². The van der Waals surface area contributed by atoms with Crippen LogP contribution < -0.4 is 0 Å². The number of carboxylic acid groups (broad SMARTS) is 1. The van der Waals surface area contributed by atoms with Crippen molar-refractivity contribution < 1.29 is 18.7 Å². The van der Waals surface area contributed by atoms with E-state index in [4.69, 9.17) is 20.4 Å². The first-order valence-corrected chi connectivity index (χ1v) is 6.96. The fourth-order valence-electron chi connectivity index (χ4n) is 2.06. The fraction of sp³-hybridized carbons (Fsp3) is 0.125. The summed E-state index contributed by atoms with van der Waals surface area (Å²) < 4.78 is 10.8. The number of aromatic nitrogens is 1. The molecule has 3 aromatic rings. The minimum absolute atomic E-state index is 0.343. The highest BCUT2D eigenvalue weighted by Gasteiger charge is 2.26. The largest absolute Gasteiger partial charge is 0.481 e. The van der Waals surface area contributed by atoms with Gasteiger partial charge in [-0.05, 0) is 37.3 Å². The van der Waals surface area contributed by atoms with Crippen molar-refractivity contribution in [2.75, 3.05) is 0 Å². The lowest BCUT2D eigenvalue weighted by Gasteiger charge is -2.02. The Hall–Kier alpha value is -2.53. The zero-order valence-corrected chi connectivity index (χ0v) is 12.4. The van der Waals surface area contributed by atoms with Crippen LogP contribution in [0, 0.1) is 0 Å². The number of nitrogens with zero attached hydrogens (tertiary/aromatic N) is 1. The molecule has 0 aliphatic rings. The van der Waals surface area contributed by atoms with Crippen LogP contribution in [0.4, 0.5) is 0 Å². The summed E-state index contributed by atoms with van der Waals surface area (Å²) in [6.07, 6.45) is 2.99. The molecule has 6 heteroatoms. The second kappa shape index (κ2) is 5.69. The third kappa shape index (κ3) is 2.63. The van der Waals surface area contributed by atoms with Gasteiger partial charge in [0.15, 0.2) is 5.76 Å². The molecule has 0 radical (unpaired) electrons. The lowest BCUT2D eigenvalue weighted by atomic mass is 10.0. The van der Waals surface area contributed by atoms with Gasteiger partial charge in [-0.3, -0.25) is 4.79 Å². The average molecular weight is 318 g/mol. The van der Waals surface area contributed by atoms with Crippen molar-refractivity contribution in [1.82, 2.24) is 4.98 Å². The van der Waals surface area contributed by atoms with Crippen molar-refractivity contribution in [2.45, 2.75) is 12.8 Å². The van der Waals surface area contributed by atoms with Gasteiger partial charge in [0, 0.05) is 10.6 Å². The molecule has 1 aromatic carbocycles. The Kier molecular flexibility index (Phi) is 3.73. The molecule has 2 aromatic heterocycles. The Labute approximate surface area is 131 Å². The minimum Gasteiger partial charge on any atom is -0.481 e. The summed E-state index contributed by atoms with van der Waals surface area (Å²) in [5.74, 6) is -1.03. The van der Waals surface area contributed by atoms with Gasteiger partial charge in [0.05, 0.1) is 17.7 Å². The Morgan fingerprint density at radius 1 is 1.23 bits per heavy atom. The molecule has 0 aliphatic heterocycles. The van der Waals surface area contributed by atoms with Crippen LogP contribution in [-0.2, 0) is 4.79 Å². The molecule has 0 spiro atoms. The number of hydrogen-bond donors (Lipinski definition) is 1. The summed E-state index contributed by atoms with van der Waals surface area (Å²) in [5.41, 5.74) is 1.73. The second-order valence-electron chi connectivity index (χ2n) is 4.81. The summed E-state index contributed by atoms with van der Waals surface area (Å²) in [7, 11) is 0. The predicted octanol–water partition coefficient (Wildman–Crippen LogP) is 4.44. The van der Waals surface area contributed by atoms with E-state index in [1.54, 1.807) is 37.3 Å². The molecule has 0 bridgehead atoms. The zero-order chi connectivity index (χ0) is 15.7. The van der Waals surface area contributed by atoms with E-state index in [0.29, 0.717) is 27.9 Å². The molecule has 112 valence electrons. The fourth-order valence-corrected chi connectivity index (χ4v) is 2.18. The lowest BCUT2D eigenvalue weighted by molar-refractivity contribution is -0.138. The van der Waals surface area contributed by atoms with Gasteiger partial charge in [0.1, 0.15) is 12.0 Å². The summed E-state index contributed by atoms with van der Waals surface area (Å²) in [5, 5.41) is 9.85. The van der Waals surface area contributed by atoms with Crippen LogP contribution in [0.2, 0.25) is 5.02 Å². The summed E-state index contributed by atoms with van der Waals surface area (Å²) in [6, 6.07) is 8.67. The van der Waals surface area contributed by atoms with Gasteiger partial charge in [-0.1, -0.05) is 11.6 Å². The highest BCUT2D eigenvalue weighted by molar-refractivity contribution is 6.30. The van der Waals surface area contributed by atoms with Gasteiger partial charge in [-0.25, -0.2) is 4.98 Å². The average Bonchev–Trinajstić information content (AvgIpc) is 3.16. The highest BCUT2D eigenvalue weighted by atomic mass is 35.5. The number of aliphatic carboxylic acids is 1. The Balaban J connectivity index is 2.12. The van der Waals surface area contributed by atoms with Gasteiger partial charge in [0.25, 0.3) is 0 Å². The van der Waals surface area contributed by atoms with Crippen LogP contribution in [0.5, 0.6) is 0 Å². The van der Waals surface area contributed by atoms with Crippen molar-refractivity contribution in [3.8, 4) is 22.8 Å². The van der Waals surface area contributed by atoms with E-state index >= 15 is 0 Å². The molecule has 1 atom stereocenters. The van der Waals surface area contributed by atoms with E-state index in [0.717, 1.165) is 5.56 Å². The molecule has 5 nitrogen and oxygen atoms in total. The summed E-state index contributed by atoms with van der Waals surface area (Å²) >= 11 is 5.87. The molecule has 0 amide bonds. The molecule has 0 saturated heterocycles. The maximum atomic E-state index is 11.3. The number of rotatable bonds is 4. The summed E-state index contributed by atoms with van der Waals surface area (Å²) in [6.45, 7) is 1.56.